The van der Waals surface area contributed by atoms with Gasteiger partial charge in [0, 0.05) is 26.2 Å². The third kappa shape index (κ3) is 3.19. The van der Waals surface area contributed by atoms with Gasteiger partial charge >= 0.3 is 0 Å². The summed E-state index contributed by atoms with van der Waals surface area (Å²) in [7, 11) is 3.54. The van der Waals surface area contributed by atoms with Gasteiger partial charge in [-0.25, -0.2) is 4.39 Å². The molecule has 2 N–H and O–H groups in total. The van der Waals surface area contributed by atoms with Crippen LogP contribution in [0.5, 0.6) is 0 Å². The monoisotopic (exact) mass is 333 g/mol. The molecule has 1 aliphatic rings. The second-order valence-corrected chi connectivity index (χ2v) is 5.64. The van der Waals surface area contributed by atoms with Gasteiger partial charge in [-0.05, 0) is 22.9 Å². The molecule has 0 radical (unpaired) electrons. The van der Waals surface area contributed by atoms with Crippen LogP contribution in [0.15, 0.2) is 22.7 Å². The maximum atomic E-state index is 13.3. The predicted octanol–water partition coefficient (Wildman–Crippen LogP) is 1.02. The molecule has 0 bridgehead atoms. The number of aromatic nitrogens is 2. The summed E-state index contributed by atoms with van der Waals surface area (Å²) >= 11 is 0. The summed E-state index contributed by atoms with van der Waals surface area (Å²) in [5.74, 6) is -1.20. The Balaban J connectivity index is 1.72. The molecule has 9 heteroatoms. The second kappa shape index (κ2) is 6.26. The zero-order valence-corrected chi connectivity index (χ0v) is 13.2. The molecular weight excluding hydrogens is 317 g/mol. The molecule has 1 aromatic heterocycles. The summed E-state index contributed by atoms with van der Waals surface area (Å²) in [6.07, 6.45) is -0.00273. The highest BCUT2D eigenvalue weighted by atomic mass is 19.1. The van der Waals surface area contributed by atoms with E-state index in [1.54, 1.807) is 19.0 Å². The van der Waals surface area contributed by atoms with Gasteiger partial charge in [0.15, 0.2) is 0 Å². The van der Waals surface area contributed by atoms with E-state index in [1.165, 1.54) is 18.2 Å². The van der Waals surface area contributed by atoms with Crippen LogP contribution in [-0.2, 0) is 16.1 Å². The number of hydrogen-bond acceptors (Lipinski definition) is 6. The van der Waals surface area contributed by atoms with Gasteiger partial charge in [0.1, 0.15) is 5.82 Å². The summed E-state index contributed by atoms with van der Waals surface area (Å²) in [6, 6.07) is 3.97. The lowest BCUT2D eigenvalue weighted by Crippen LogP contribution is -2.34. The summed E-state index contributed by atoms with van der Waals surface area (Å²) in [5.41, 5.74) is 0.895. The third-order valence-electron chi connectivity index (χ3n) is 3.64. The SMILES string of the molecule is CN(C)c1noc(CNC(=O)C2CC(=O)Nc3cc(F)ccc32)n1. The van der Waals surface area contributed by atoms with Crippen molar-refractivity contribution in [2.45, 2.75) is 18.9 Å². The molecule has 0 saturated heterocycles. The number of nitrogens with one attached hydrogen (secondary N) is 2. The van der Waals surface area contributed by atoms with Crippen LogP contribution in [0, 0.1) is 5.82 Å². The minimum atomic E-state index is -0.689. The number of benzene rings is 1. The molecule has 2 amide bonds. The highest BCUT2D eigenvalue weighted by Gasteiger charge is 2.31. The highest BCUT2D eigenvalue weighted by molar-refractivity contribution is 6.01. The second-order valence-electron chi connectivity index (χ2n) is 5.64. The van der Waals surface area contributed by atoms with E-state index in [1.807, 2.05) is 0 Å². The Kier molecular flexibility index (Phi) is 4.15. The minimum Gasteiger partial charge on any atom is -0.346 e. The minimum absolute atomic E-state index is 0.00273. The van der Waals surface area contributed by atoms with E-state index >= 15 is 0 Å². The Labute approximate surface area is 137 Å². The Morgan fingerprint density at radius 3 is 3.00 bits per heavy atom. The normalized spacial score (nSPS) is 16.3. The summed E-state index contributed by atoms with van der Waals surface area (Å²) in [5, 5.41) is 8.99. The quantitative estimate of drug-likeness (QED) is 0.866. The smallest absolute Gasteiger partial charge is 0.265 e. The van der Waals surface area contributed by atoms with Gasteiger partial charge in [0.2, 0.25) is 17.7 Å². The Morgan fingerprint density at radius 2 is 2.29 bits per heavy atom. The van der Waals surface area contributed by atoms with Crippen molar-refractivity contribution in [3.63, 3.8) is 0 Å². The fourth-order valence-electron chi connectivity index (χ4n) is 2.46. The fourth-order valence-corrected chi connectivity index (χ4v) is 2.46. The van der Waals surface area contributed by atoms with Crippen LogP contribution in [0.3, 0.4) is 0 Å². The Bertz CT molecular complexity index is 789. The van der Waals surface area contributed by atoms with Gasteiger partial charge in [0.05, 0.1) is 12.5 Å². The molecule has 0 saturated carbocycles. The van der Waals surface area contributed by atoms with Gasteiger partial charge in [-0.2, -0.15) is 4.98 Å². The van der Waals surface area contributed by atoms with Crippen molar-refractivity contribution in [3.8, 4) is 0 Å². The van der Waals surface area contributed by atoms with Crippen molar-refractivity contribution in [1.29, 1.82) is 0 Å². The summed E-state index contributed by atoms with van der Waals surface area (Å²) in [6.45, 7) is 0.0499. The number of anilines is 2. The molecule has 1 aliphatic heterocycles. The lowest BCUT2D eigenvalue weighted by Gasteiger charge is -2.24. The fraction of sp³-hybridized carbons (Fsp3) is 0.333. The number of carbonyl (C=O) groups is 2. The number of amides is 2. The molecule has 0 fully saturated rings. The van der Waals surface area contributed by atoms with E-state index in [9.17, 15) is 14.0 Å². The lowest BCUT2D eigenvalue weighted by molar-refractivity contribution is -0.126. The van der Waals surface area contributed by atoms with Crippen molar-refractivity contribution in [1.82, 2.24) is 15.5 Å². The zero-order valence-electron chi connectivity index (χ0n) is 13.2. The maximum Gasteiger partial charge on any atom is 0.265 e. The standard InChI is InChI=1S/C15H16FN5O3/c1-21(2)15-19-13(24-20-15)7-17-14(23)10-6-12(22)18-11-5-8(16)3-4-9(10)11/h3-5,10H,6-7H2,1-2H3,(H,17,23)(H,18,22). The largest absolute Gasteiger partial charge is 0.346 e. The molecule has 0 spiro atoms. The van der Waals surface area contributed by atoms with Crippen LogP contribution in [0.1, 0.15) is 23.8 Å². The van der Waals surface area contributed by atoms with E-state index in [-0.39, 0.29) is 30.7 Å². The summed E-state index contributed by atoms with van der Waals surface area (Å²) < 4.78 is 18.3. The van der Waals surface area contributed by atoms with Crippen LogP contribution in [0.2, 0.25) is 0 Å². The molecule has 0 aliphatic carbocycles. The van der Waals surface area contributed by atoms with E-state index < -0.39 is 11.7 Å². The number of fused-ring (bicyclic) bond motifs is 1. The van der Waals surface area contributed by atoms with Crippen molar-refractivity contribution in [3.05, 3.63) is 35.5 Å². The van der Waals surface area contributed by atoms with E-state index in [2.05, 4.69) is 20.8 Å². The molecule has 1 aromatic carbocycles. The van der Waals surface area contributed by atoms with E-state index in [0.717, 1.165) is 0 Å². The number of rotatable bonds is 4. The van der Waals surface area contributed by atoms with Gasteiger partial charge in [-0.15, -0.1) is 0 Å². The average molecular weight is 333 g/mol. The number of halogens is 1. The van der Waals surface area contributed by atoms with Crippen LogP contribution >= 0.6 is 0 Å². The Morgan fingerprint density at radius 1 is 1.50 bits per heavy atom. The Hall–Kier alpha value is -2.97. The molecule has 3 rings (SSSR count). The summed E-state index contributed by atoms with van der Waals surface area (Å²) in [4.78, 5) is 29.9. The molecule has 2 aromatic rings. The van der Waals surface area contributed by atoms with Crippen molar-refractivity contribution in [2.24, 2.45) is 0 Å². The molecule has 24 heavy (non-hydrogen) atoms. The predicted molar refractivity (Wildman–Crippen MR) is 82.9 cm³/mol. The highest BCUT2D eigenvalue weighted by Crippen LogP contribution is 2.32. The van der Waals surface area contributed by atoms with Gasteiger partial charge in [0.25, 0.3) is 5.95 Å². The maximum absolute atomic E-state index is 13.3. The number of carbonyl (C=O) groups excluding carboxylic acids is 2. The average Bonchev–Trinajstić information content (AvgIpc) is 3.00. The van der Waals surface area contributed by atoms with E-state index in [0.29, 0.717) is 17.2 Å². The number of nitrogens with zero attached hydrogens (tertiary/aromatic N) is 3. The molecular formula is C15H16FN5O3. The first kappa shape index (κ1) is 15.9. The topological polar surface area (TPSA) is 100 Å². The molecule has 126 valence electrons. The zero-order chi connectivity index (χ0) is 17.3. The molecule has 1 unspecified atom stereocenters. The van der Waals surface area contributed by atoms with Crippen LogP contribution in [0.4, 0.5) is 16.0 Å². The van der Waals surface area contributed by atoms with Gasteiger partial charge < -0.3 is 20.1 Å². The first-order valence-corrected chi connectivity index (χ1v) is 7.31. The number of hydrogen-bond donors (Lipinski definition) is 2. The molecule has 8 nitrogen and oxygen atoms in total. The van der Waals surface area contributed by atoms with Crippen molar-refractivity contribution >= 4 is 23.5 Å². The first-order chi connectivity index (χ1) is 11.4. The van der Waals surface area contributed by atoms with E-state index in [4.69, 9.17) is 4.52 Å². The first-order valence-electron chi connectivity index (χ1n) is 7.31. The van der Waals surface area contributed by atoms with Crippen LogP contribution < -0.4 is 15.5 Å². The van der Waals surface area contributed by atoms with Crippen LogP contribution in [0.25, 0.3) is 0 Å². The lowest BCUT2D eigenvalue weighted by atomic mass is 9.89. The van der Waals surface area contributed by atoms with Gasteiger partial charge in [-0.3, -0.25) is 9.59 Å². The van der Waals surface area contributed by atoms with Crippen LogP contribution in [-0.4, -0.2) is 36.1 Å². The molecule has 1 atom stereocenters. The third-order valence-corrected chi connectivity index (χ3v) is 3.64. The van der Waals surface area contributed by atoms with Crippen molar-refractivity contribution in [2.75, 3.05) is 24.3 Å². The molecule has 2 heterocycles. The van der Waals surface area contributed by atoms with Gasteiger partial charge in [-0.1, -0.05) is 6.07 Å². The van der Waals surface area contributed by atoms with Crippen molar-refractivity contribution < 1.29 is 18.5 Å².